The van der Waals surface area contributed by atoms with Gasteiger partial charge in [0.1, 0.15) is 5.75 Å². The number of rotatable bonds is 7. The van der Waals surface area contributed by atoms with Crippen molar-refractivity contribution in [3.05, 3.63) is 29.8 Å². The molecular formula is C19H29NO3. The molecule has 1 amide bonds. The highest BCUT2D eigenvalue weighted by atomic mass is 16.5. The predicted octanol–water partition coefficient (Wildman–Crippen LogP) is 3.55. The Morgan fingerprint density at radius 2 is 2.09 bits per heavy atom. The summed E-state index contributed by atoms with van der Waals surface area (Å²) in [6.07, 6.45) is 6.47. The van der Waals surface area contributed by atoms with Crippen LogP contribution in [0.1, 0.15) is 57.1 Å². The van der Waals surface area contributed by atoms with Crippen LogP contribution in [0.2, 0.25) is 0 Å². The summed E-state index contributed by atoms with van der Waals surface area (Å²) < 4.78 is 5.92. The van der Waals surface area contributed by atoms with Crippen molar-refractivity contribution in [3.8, 4) is 5.75 Å². The number of hydrogen-bond donors (Lipinski definition) is 1. The molecule has 0 aliphatic heterocycles. The predicted molar refractivity (Wildman–Crippen MR) is 91.4 cm³/mol. The fourth-order valence-electron chi connectivity index (χ4n) is 3.02. The van der Waals surface area contributed by atoms with Gasteiger partial charge in [-0.15, -0.1) is 0 Å². The third kappa shape index (κ3) is 5.87. The van der Waals surface area contributed by atoms with E-state index in [-0.39, 0.29) is 5.91 Å². The third-order valence-corrected chi connectivity index (χ3v) is 4.73. The first-order chi connectivity index (χ1) is 11.1. The second kappa shape index (κ2) is 8.92. The van der Waals surface area contributed by atoms with Gasteiger partial charge in [-0.25, -0.2) is 0 Å². The van der Waals surface area contributed by atoms with Gasteiger partial charge in [-0.3, -0.25) is 4.79 Å². The second-order valence-electron chi connectivity index (χ2n) is 6.63. The van der Waals surface area contributed by atoms with Crippen LogP contribution < -0.4 is 4.74 Å². The minimum atomic E-state index is -0.574. The molecule has 1 N–H and O–H groups in total. The molecule has 0 aromatic heterocycles. The van der Waals surface area contributed by atoms with Crippen molar-refractivity contribution in [1.82, 2.24) is 4.90 Å². The molecule has 1 aromatic carbocycles. The monoisotopic (exact) mass is 319 g/mol. The van der Waals surface area contributed by atoms with Gasteiger partial charge in [0.15, 0.2) is 0 Å². The Bertz CT molecular complexity index is 497. The second-order valence-corrected chi connectivity index (χ2v) is 6.63. The molecule has 0 heterocycles. The van der Waals surface area contributed by atoms with Crippen LogP contribution in [-0.2, 0) is 4.79 Å². The fourth-order valence-corrected chi connectivity index (χ4v) is 3.02. The normalized spacial score (nSPS) is 16.8. The zero-order valence-electron chi connectivity index (χ0n) is 14.3. The highest BCUT2D eigenvalue weighted by Crippen LogP contribution is 2.26. The largest absolute Gasteiger partial charge is 0.493 e. The molecule has 1 saturated carbocycles. The summed E-state index contributed by atoms with van der Waals surface area (Å²) in [6, 6.07) is 7.69. The van der Waals surface area contributed by atoms with Gasteiger partial charge in [-0.05, 0) is 42.9 Å². The Morgan fingerprint density at radius 3 is 2.78 bits per heavy atom. The summed E-state index contributed by atoms with van der Waals surface area (Å²) in [4.78, 5) is 12.8. The topological polar surface area (TPSA) is 49.8 Å². The smallest absolute Gasteiger partial charge is 0.219 e. The molecule has 0 radical (unpaired) electrons. The zero-order valence-corrected chi connectivity index (χ0v) is 14.3. The van der Waals surface area contributed by atoms with Crippen molar-refractivity contribution in [2.45, 2.75) is 51.6 Å². The van der Waals surface area contributed by atoms with Crippen LogP contribution in [0, 0.1) is 5.92 Å². The summed E-state index contributed by atoms with van der Waals surface area (Å²) in [5, 5.41) is 10.3. The molecule has 0 spiro atoms. The van der Waals surface area contributed by atoms with Gasteiger partial charge in [-0.1, -0.05) is 31.4 Å². The quantitative estimate of drug-likeness (QED) is 0.836. The van der Waals surface area contributed by atoms with Gasteiger partial charge in [0.05, 0.1) is 12.7 Å². The maximum Gasteiger partial charge on any atom is 0.219 e. The molecule has 2 rings (SSSR count). The minimum absolute atomic E-state index is 0.0155. The van der Waals surface area contributed by atoms with E-state index in [1.807, 2.05) is 24.3 Å². The van der Waals surface area contributed by atoms with Gasteiger partial charge < -0.3 is 14.7 Å². The Hall–Kier alpha value is -1.55. The molecule has 1 aliphatic carbocycles. The van der Waals surface area contributed by atoms with Gasteiger partial charge in [-0.2, -0.15) is 0 Å². The van der Waals surface area contributed by atoms with Crippen LogP contribution in [-0.4, -0.2) is 36.1 Å². The number of aliphatic hydroxyl groups is 1. The van der Waals surface area contributed by atoms with Crippen LogP contribution in [0.15, 0.2) is 24.3 Å². The molecule has 128 valence electrons. The lowest BCUT2D eigenvalue weighted by Gasteiger charge is -2.22. The molecule has 4 heteroatoms. The standard InChI is InChI=1S/C19H29NO3/c1-15(21)20(2)12-11-19(22)17-9-6-10-18(13-17)23-14-16-7-4-3-5-8-16/h6,9-10,13,16,19,22H,3-5,7-8,11-12,14H2,1-2H3. The van der Waals surface area contributed by atoms with E-state index in [0.29, 0.717) is 18.9 Å². The van der Waals surface area contributed by atoms with E-state index in [1.54, 1.807) is 11.9 Å². The number of amides is 1. The van der Waals surface area contributed by atoms with Crippen molar-refractivity contribution in [2.75, 3.05) is 20.2 Å². The molecule has 0 bridgehead atoms. The maximum atomic E-state index is 11.2. The first kappa shape index (κ1) is 17.8. The Morgan fingerprint density at radius 1 is 1.35 bits per heavy atom. The van der Waals surface area contributed by atoms with Crippen LogP contribution in [0.5, 0.6) is 5.75 Å². The van der Waals surface area contributed by atoms with Crippen LogP contribution in [0.3, 0.4) is 0 Å². The van der Waals surface area contributed by atoms with Gasteiger partial charge in [0, 0.05) is 20.5 Å². The molecule has 0 saturated heterocycles. The molecule has 1 aromatic rings. The number of benzene rings is 1. The van der Waals surface area contributed by atoms with E-state index in [9.17, 15) is 9.90 Å². The number of carbonyl (C=O) groups excluding carboxylic acids is 1. The van der Waals surface area contributed by atoms with Crippen molar-refractivity contribution >= 4 is 5.91 Å². The summed E-state index contributed by atoms with van der Waals surface area (Å²) >= 11 is 0. The van der Waals surface area contributed by atoms with Crippen molar-refractivity contribution in [3.63, 3.8) is 0 Å². The van der Waals surface area contributed by atoms with Crippen LogP contribution in [0.4, 0.5) is 0 Å². The lowest BCUT2D eigenvalue weighted by Crippen LogP contribution is -2.26. The Kier molecular flexibility index (Phi) is 6.90. The average molecular weight is 319 g/mol. The average Bonchev–Trinajstić information content (AvgIpc) is 2.58. The molecule has 1 aliphatic rings. The SMILES string of the molecule is CC(=O)N(C)CCC(O)c1cccc(OCC2CCCCC2)c1. The van der Waals surface area contributed by atoms with Gasteiger partial charge >= 0.3 is 0 Å². The summed E-state index contributed by atoms with van der Waals surface area (Å²) in [5.41, 5.74) is 0.850. The Labute approximate surface area is 139 Å². The van der Waals surface area contributed by atoms with Crippen molar-refractivity contribution in [2.24, 2.45) is 5.92 Å². The molecule has 1 unspecified atom stereocenters. The van der Waals surface area contributed by atoms with Crippen LogP contribution in [0.25, 0.3) is 0 Å². The van der Waals surface area contributed by atoms with Gasteiger partial charge in [0.2, 0.25) is 5.91 Å². The molecule has 23 heavy (non-hydrogen) atoms. The van der Waals surface area contributed by atoms with Crippen LogP contribution >= 0.6 is 0 Å². The number of aliphatic hydroxyl groups excluding tert-OH is 1. The number of ether oxygens (including phenoxy) is 1. The van der Waals surface area contributed by atoms with E-state index in [1.165, 1.54) is 39.0 Å². The highest BCUT2D eigenvalue weighted by Gasteiger charge is 2.15. The minimum Gasteiger partial charge on any atom is -0.493 e. The number of carbonyl (C=O) groups is 1. The van der Waals surface area contributed by atoms with Gasteiger partial charge in [0.25, 0.3) is 0 Å². The first-order valence-electron chi connectivity index (χ1n) is 8.69. The number of nitrogens with zero attached hydrogens (tertiary/aromatic N) is 1. The number of hydrogen-bond acceptors (Lipinski definition) is 3. The third-order valence-electron chi connectivity index (χ3n) is 4.73. The van der Waals surface area contributed by atoms with Crippen molar-refractivity contribution in [1.29, 1.82) is 0 Å². The van der Waals surface area contributed by atoms with E-state index in [4.69, 9.17) is 4.74 Å². The van der Waals surface area contributed by atoms with E-state index in [0.717, 1.165) is 17.9 Å². The lowest BCUT2D eigenvalue weighted by molar-refractivity contribution is -0.127. The fraction of sp³-hybridized carbons (Fsp3) is 0.632. The zero-order chi connectivity index (χ0) is 16.7. The van der Waals surface area contributed by atoms with E-state index in [2.05, 4.69) is 0 Å². The first-order valence-corrected chi connectivity index (χ1v) is 8.69. The molecule has 1 fully saturated rings. The van der Waals surface area contributed by atoms with E-state index < -0.39 is 6.10 Å². The molecule has 4 nitrogen and oxygen atoms in total. The molecular weight excluding hydrogens is 290 g/mol. The molecule has 1 atom stereocenters. The summed E-state index contributed by atoms with van der Waals surface area (Å²) in [7, 11) is 1.75. The summed E-state index contributed by atoms with van der Waals surface area (Å²) in [5.74, 6) is 1.51. The van der Waals surface area contributed by atoms with E-state index >= 15 is 0 Å². The lowest BCUT2D eigenvalue weighted by atomic mass is 9.90. The maximum absolute atomic E-state index is 11.2. The summed E-state index contributed by atoms with van der Waals surface area (Å²) in [6.45, 7) is 2.85. The highest BCUT2D eigenvalue weighted by molar-refractivity contribution is 5.72. The Balaban J connectivity index is 1.84. The van der Waals surface area contributed by atoms with Crippen molar-refractivity contribution < 1.29 is 14.6 Å².